The largest absolute Gasteiger partial charge is 0.503 e. The summed E-state index contributed by atoms with van der Waals surface area (Å²) >= 11 is 0. The Morgan fingerprint density at radius 2 is 1.51 bits per heavy atom. The number of ether oxygens (including phenoxy) is 2. The summed E-state index contributed by atoms with van der Waals surface area (Å²) < 4.78 is 34.2. The van der Waals surface area contributed by atoms with Gasteiger partial charge in [0, 0.05) is 47.8 Å². The van der Waals surface area contributed by atoms with Gasteiger partial charge in [-0.05, 0) is 53.5 Å². The molecule has 2 aliphatic rings. The van der Waals surface area contributed by atoms with Crippen molar-refractivity contribution in [3.8, 4) is 45.5 Å². The van der Waals surface area contributed by atoms with Crippen LogP contribution in [0.3, 0.4) is 0 Å². The first-order chi connectivity index (χ1) is 21.0. The van der Waals surface area contributed by atoms with Gasteiger partial charge >= 0.3 is 0 Å². The van der Waals surface area contributed by atoms with Crippen LogP contribution in [0.15, 0.2) is 122 Å². The topological polar surface area (TPSA) is 44.2 Å². The number of para-hydroxylation sites is 1. The molecule has 1 radical (unpaired) electrons. The molecule has 2 aromatic heterocycles. The van der Waals surface area contributed by atoms with E-state index in [-0.39, 0.29) is 32.4 Å². The summed E-state index contributed by atoms with van der Waals surface area (Å²) in [6.07, 6.45) is 3.18. The van der Waals surface area contributed by atoms with Crippen LogP contribution in [-0.4, -0.2) is 16.7 Å². The first kappa shape index (κ1) is 23.2. The van der Waals surface area contributed by atoms with Gasteiger partial charge in [-0.15, -0.1) is 59.6 Å². The number of hydrogen-bond acceptors (Lipinski definition) is 4. The molecular formula is C35H23BIrN2O2-2. The molecule has 6 heteroatoms. The van der Waals surface area contributed by atoms with Gasteiger partial charge in [-0.25, -0.2) is 0 Å². The predicted molar refractivity (Wildman–Crippen MR) is 159 cm³/mol. The molecule has 2 aliphatic heterocycles. The van der Waals surface area contributed by atoms with E-state index in [1.165, 1.54) is 6.20 Å². The fourth-order valence-electron chi connectivity index (χ4n) is 5.15. The molecule has 0 saturated heterocycles. The van der Waals surface area contributed by atoms with Crippen LogP contribution in [0.1, 0.15) is 9.68 Å². The third-order valence-corrected chi connectivity index (χ3v) is 6.94. The number of pyridine rings is 2. The average Bonchev–Trinajstić information content (AvgIpc) is 3.05. The Kier molecular flexibility index (Phi) is 6.54. The van der Waals surface area contributed by atoms with Gasteiger partial charge in [0.1, 0.15) is 17.2 Å². The molecule has 4 aromatic carbocycles. The fourth-order valence-corrected chi connectivity index (χ4v) is 5.15. The zero-order valence-electron chi connectivity index (χ0n) is 24.7. The fraction of sp³-hybridized carbons (Fsp3) is 0.0286. The van der Waals surface area contributed by atoms with Crippen molar-refractivity contribution in [2.75, 3.05) is 0 Å². The maximum Gasteiger partial charge on any atom is 0.241 e. The third kappa shape index (κ3) is 5.08. The molecular weight excluding hydrogens is 683 g/mol. The van der Waals surface area contributed by atoms with Gasteiger partial charge in [0.25, 0.3) is 0 Å². The number of aromatic nitrogens is 2. The van der Waals surface area contributed by atoms with Gasteiger partial charge in [-0.1, -0.05) is 54.1 Å². The van der Waals surface area contributed by atoms with E-state index in [1.54, 1.807) is 24.4 Å². The summed E-state index contributed by atoms with van der Waals surface area (Å²) in [5, 5.41) is 0. The molecule has 0 bridgehead atoms. The van der Waals surface area contributed by atoms with Crippen molar-refractivity contribution in [1.82, 2.24) is 9.97 Å². The van der Waals surface area contributed by atoms with E-state index in [0.29, 0.717) is 0 Å². The van der Waals surface area contributed by atoms with E-state index >= 15 is 0 Å². The van der Waals surface area contributed by atoms with Crippen LogP contribution in [0, 0.1) is 19.0 Å². The van der Waals surface area contributed by atoms with Gasteiger partial charge in [0.05, 0.1) is 0 Å². The van der Waals surface area contributed by atoms with Crippen molar-refractivity contribution in [2.45, 2.75) is 6.85 Å². The Balaban J connectivity index is 0.000000174. The molecule has 6 aromatic rings. The van der Waals surface area contributed by atoms with Crippen molar-refractivity contribution in [3.63, 3.8) is 0 Å². The van der Waals surface area contributed by atoms with Crippen molar-refractivity contribution >= 4 is 23.1 Å². The standard InChI is InChI=1S/C23H13BNO2.C12H10N.Ir/c1-2-11-19-16(8-1)24-17-9-5-7-15(18-10-3-4-14-25-18)23(17)27-21-13-6-12-20(26-19)22(21)24;1-10-7-8-12(13-9-10)11-5-3-2-4-6-11;/h1-6,8-14H;2-5,7-9H,1H3;/q2*-1;/i;1D3;. The van der Waals surface area contributed by atoms with E-state index in [0.717, 1.165) is 61.9 Å². The molecule has 0 fully saturated rings. The Morgan fingerprint density at radius 1 is 0.683 bits per heavy atom. The number of rotatable bonds is 2. The summed E-state index contributed by atoms with van der Waals surface area (Å²) in [4.78, 5) is 8.63. The summed E-state index contributed by atoms with van der Waals surface area (Å²) in [6.45, 7) is -2.02. The van der Waals surface area contributed by atoms with E-state index in [2.05, 4.69) is 40.3 Å². The molecule has 4 heterocycles. The SMILES string of the molecule is [2H]C([2H])([2H])c1ccc(-c2[c-]cccc2)nc1.[Ir].[c-]1ccc2c(c1-c1ccccn1)Oc1cccc3c1B2c1ccccc1O3. The molecule has 0 N–H and O–H groups in total. The van der Waals surface area contributed by atoms with Crippen LogP contribution in [0.25, 0.3) is 22.5 Å². The van der Waals surface area contributed by atoms with Crippen LogP contribution in [0.5, 0.6) is 23.0 Å². The molecule has 0 amide bonds. The van der Waals surface area contributed by atoms with Crippen molar-refractivity contribution < 1.29 is 33.7 Å². The Bertz CT molecular complexity index is 1920. The second kappa shape index (κ2) is 11.5. The van der Waals surface area contributed by atoms with Crippen LogP contribution >= 0.6 is 0 Å². The summed E-state index contributed by atoms with van der Waals surface area (Å²) in [7, 11) is 0. The summed E-state index contributed by atoms with van der Waals surface area (Å²) in [6, 6.07) is 41.2. The minimum atomic E-state index is -2.09. The first-order valence-electron chi connectivity index (χ1n) is 14.4. The Hall–Kier alpha value is -4.51. The van der Waals surface area contributed by atoms with Crippen molar-refractivity contribution in [2.24, 2.45) is 0 Å². The number of aryl methyl sites for hydroxylation is 1. The molecule has 0 aliphatic carbocycles. The van der Waals surface area contributed by atoms with E-state index in [9.17, 15) is 0 Å². The molecule has 8 rings (SSSR count). The molecule has 41 heavy (non-hydrogen) atoms. The maximum absolute atomic E-state index is 7.23. The van der Waals surface area contributed by atoms with Gasteiger partial charge in [-0.3, -0.25) is 0 Å². The second-order valence-electron chi connectivity index (χ2n) is 9.40. The monoisotopic (exact) mass is 710 g/mol. The Morgan fingerprint density at radius 3 is 2.29 bits per heavy atom. The minimum Gasteiger partial charge on any atom is -0.503 e. The van der Waals surface area contributed by atoms with E-state index in [1.807, 2.05) is 72.8 Å². The zero-order valence-corrected chi connectivity index (χ0v) is 24.1. The number of nitrogens with zero attached hydrogens (tertiary/aromatic N) is 2. The van der Waals surface area contributed by atoms with Crippen LogP contribution in [0.4, 0.5) is 0 Å². The molecule has 199 valence electrons. The predicted octanol–water partition coefficient (Wildman–Crippen LogP) is 6.13. The quantitative estimate of drug-likeness (QED) is 0.160. The molecule has 0 saturated carbocycles. The van der Waals surface area contributed by atoms with E-state index in [4.69, 9.17) is 13.6 Å². The van der Waals surface area contributed by atoms with Gasteiger partial charge in [0.15, 0.2) is 0 Å². The Labute approximate surface area is 257 Å². The third-order valence-electron chi connectivity index (χ3n) is 6.94. The number of hydrogen-bond donors (Lipinski definition) is 0. The van der Waals surface area contributed by atoms with Gasteiger partial charge in [-0.2, -0.15) is 0 Å². The number of benzene rings is 4. The first-order valence-corrected chi connectivity index (χ1v) is 12.9. The molecule has 4 nitrogen and oxygen atoms in total. The maximum atomic E-state index is 7.23. The zero-order chi connectivity index (χ0) is 29.4. The van der Waals surface area contributed by atoms with Gasteiger partial charge in [0.2, 0.25) is 6.71 Å². The molecule has 0 spiro atoms. The van der Waals surface area contributed by atoms with Crippen LogP contribution in [-0.2, 0) is 20.1 Å². The van der Waals surface area contributed by atoms with Crippen LogP contribution in [0.2, 0.25) is 0 Å². The summed E-state index contributed by atoms with van der Waals surface area (Å²) in [5.41, 5.74) is 6.94. The van der Waals surface area contributed by atoms with E-state index < -0.39 is 6.85 Å². The van der Waals surface area contributed by atoms with Gasteiger partial charge < -0.3 is 19.4 Å². The average molecular weight is 710 g/mol. The minimum absolute atomic E-state index is 0. The van der Waals surface area contributed by atoms with Crippen molar-refractivity contribution in [3.05, 3.63) is 139 Å². The molecule has 0 atom stereocenters. The second-order valence-corrected chi connectivity index (χ2v) is 9.40. The smallest absolute Gasteiger partial charge is 0.241 e. The van der Waals surface area contributed by atoms with Crippen LogP contribution < -0.4 is 25.9 Å². The van der Waals surface area contributed by atoms with Crippen molar-refractivity contribution in [1.29, 1.82) is 0 Å². The normalized spacial score (nSPS) is 13.1. The summed E-state index contributed by atoms with van der Waals surface area (Å²) in [5.74, 6) is 3.40. The number of fused-ring (bicyclic) bond motifs is 4. The molecule has 0 unspecified atom stereocenters.